The fraction of sp³-hybridized carbons (Fsp3) is 0.562. The highest BCUT2D eigenvalue weighted by Gasteiger charge is 2.32. The molecule has 3 heterocycles. The van der Waals surface area contributed by atoms with E-state index in [0.717, 1.165) is 24.3 Å². The average Bonchev–Trinajstić information content (AvgIpc) is 3.16. The zero-order valence-electron chi connectivity index (χ0n) is 13.4. The van der Waals surface area contributed by atoms with Gasteiger partial charge in [-0.25, -0.2) is 0 Å². The van der Waals surface area contributed by atoms with Crippen LogP contribution in [0.4, 0.5) is 5.69 Å². The predicted octanol–water partition coefficient (Wildman–Crippen LogP) is 3.79. The van der Waals surface area contributed by atoms with Crippen LogP contribution in [-0.2, 0) is 14.2 Å². The number of hydrogen-bond acceptors (Lipinski definition) is 6. The monoisotopic (exact) mass is 372 g/mol. The Hall–Kier alpha value is -1.05. The minimum absolute atomic E-state index is 0.0945. The predicted molar refractivity (Wildman–Crippen MR) is 90.9 cm³/mol. The normalized spacial score (nSPS) is 25.8. The van der Waals surface area contributed by atoms with Crippen LogP contribution in [0.2, 0.25) is 10.2 Å². The van der Waals surface area contributed by atoms with E-state index >= 15 is 0 Å². The first-order chi connectivity index (χ1) is 11.5. The standard InChI is InChI=1S/C16H18Cl2N2O4/c1-8-6-20(7-9(2)23-8)13-10(16-21-3-4-22-16)5-11-14(12(13)17)24-19-15(11)18/h5,8-9,16H,3-4,6-7H2,1-2H3. The Morgan fingerprint density at radius 1 is 1.12 bits per heavy atom. The van der Waals surface area contributed by atoms with Gasteiger partial charge in [0.1, 0.15) is 5.02 Å². The highest BCUT2D eigenvalue weighted by molar-refractivity contribution is 6.40. The molecule has 0 N–H and O–H groups in total. The van der Waals surface area contributed by atoms with Crippen molar-refractivity contribution in [2.24, 2.45) is 0 Å². The molecule has 2 atom stereocenters. The summed E-state index contributed by atoms with van der Waals surface area (Å²) in [6.07, 6.45) is -0.282. The number of halogens is 2. The third-order valence-corrected chi connectivity index (χ3v) is 4.90. The SMILES string of the molecule is CC1CN(c2c(C3OCCO3)cc3c(Cl)noc3c2Cl)CC(C)O1. The molecule has 0 aliphatic carbocycles. The summed E-state index contributed by atoms with van der Waals surface area (Å²) in [7, 11) is 0. The van der Waals surface area contributed by atoms with E-state index in [1.165, 1.54) is 0 Å². The van der Waals surface area contributed by atoms with Crippen LogP contribution < -0.4 is 4.90 Å². The van der Waals surface area contributed by atoms with Gasteiger partial charge in [-0.1, -0.05) is 28.4 Å². The van der Waals surface area contributed by atoms with E-state index in [4.69, 9.17) is 41.9 Å². The second-order valence-electron chi connectivity index (χ2n) is 6.21. The molecular weight excluding hydrogens is 355 g/mol. The Bertz CT molecular complexity index is 750. The number of ether oxygens (including phenoxy) is 3. The molecular formula is C16H18Cl2N2O4. The maximum Gasteiger partial charge on any atom is 0.189 e. The number of fused-ring (bicyclic) bond motifs is 1. The van der Waals surface area contributed by atoms with Crippen LogP contribution in [0, 0.1) is 0 Å². The molecule has 1 aromatic carbocycles. The summed E-state index contributed by atoms with van der Waals surface area (Å²) in [5, 5.41) is 5.24. The molecule has 2 aromatic rings. The zero-order chi connectivity index (χ0) is 16.8. The van der Waals surface area contributed by atoms with Gasteiger partial charge in [-0.05, 0) is 19.9 Å². The van der Waals surface area contributed by atoms with E-state index in [1.54, 1.807) is 0 Å². The summed E-state index contributed by atoms with van der Waals surface area (Å²) in [5.74, 6) is 0. The van der Waals surface area contributed by atoms with Crippen molar-refractivity contribution in [3.05, 3.63) is 21.8 Å². The van der Waals surface area contributed by atoms with E-state index in [1.807, 2.05) is 19.9 Å². The van der Waals surface area contributed by atoms with E-state index in [0.29, 0.717) is 29.2 Å². The van der Waals surface area contributed by atoms with Gasteiger partial charge < -0.3 is 23.6 Å². The lowest BCUT2D eigenvalue weighted by Gasteiger charge is -2.38. The second-order valence-corrected chi connectivity index (χ2v) is 6.95. The van der Waals surface area contributed by atoms with Gasteiger partial charge in [-0.15, -0.1) is 0 Å². The maximum absolute atomic E-state index is 6.68. The number of hydrogen-bond donors (Lipinski definition) is 0. The van der Waals surface area contributed by atoms with Crippen LogP contribution >= 0.6 is 23.2 Å². The van der Waals surface area contributed by atoms with Crippen molar-refractivity contribution in [3.63, 3.8) is 0 Å². The van der Waals surface area contributed by atoms with Crippen LogP contribution in [0.3, 0.4) is 0 Å². The van der Waals surface area contributed by atoms with Crippen molar-refractivity contribution < 1.29 is 18.7 Å². The summed E-state index contributed by atoms with van der Waals surface area (Å²) in [6, 6.07) is 1.90. The molecule has 24 heavy (non-hydrogen) atoms. The summed E-state index contributed by atoms with van der Waals surface area (Å²) in [6.45, 7) is 6.62. The minimum atomic E-state index is -0.471. The fourth-order valence-corrected chi connectivity index (χ4v) is 3.96. The van der Waals surface area contributed by atoms with Crippen molar-refractivity contribution in [2.75, 3.05) is 31.2 Å². The number of nitrogens with zero attached hydrogens (tertiary/aromatic N) is 2. The Balaban J connectivity index is 1.87. The molecule has 0 radical (unpaired) electrons. The van der Waals surface area contributed by atoms with E-state index < -0.39 is 6.29 Å². The summed E-state index contributed by atoms with van der Waals surface area (Å²) in [4.78, 5) is 2.19. The highest BCUT2D eigenvalue weighted by Crippen LogP contribution is 2.44. The zero-order valence-corrected chi connectivity index (χ0v) is 14.9. The van der Waals surface area contributed by atoms with E-state index in [-0.39, 0.29) is 17.4 Å². The maximum atomic E-state index is 6.68. The summed E-state index contributed by atoms with van der Waals surface area (Å²) >= 11 is 12.8. The summed E-state index contributed by atoms with van der Waals surface area (Å²) < 4.78 is 22.6. The lowest BCUT2D eigenvalue weighted by Crippen LogP contribution is -2.46. The average molecular weight is 373 g/mol. The van der Waals surface area contributed by atoms with Crippen molar-refractivity contribution in [1.29, 1.82) is 0 Å². The van der Waals surface area contributed by atoms with Gasteiger partial charge in [0.05, 0.1) is 36.5 Å². The van der Waals surface area contributed by atoms with Gasteiger partial charge in [0.25, 0.3) is 0 Å². The quantitative estimate of drug-likeness (QED) is 0.798. The first kappa shape index (κ1) is 16.4. The third kappa shape index (κ3) is 2.76. The topological polar surface area (TPSA) is 57.0 Å². The number of morpholine rings is 1. The molecule has 2 fully saturated rings. The first-order valence-electron chi connectivity index (χ1n) is 7.95. The smallest absolute Gasteiger partial charge is 0.189 e. The van der Waals surface area contributed by atoms with Gasteiger partial charge in [-0.3, -0.25) is 0 Å². The second kappa shape index (κ2) is 6.35. The number of benzene rings is 1. The highest BCUT2D eigenvalue weighted by atomic mass is 35.5. The Morgan fingerprint density at radius 2 is 1.79 bits per heavy atom. The van der Waals surface area contributed by atoms with Crippen LogP contribution in [0.5, 0.6) is 0 Å². The molecule has 2 aliphatic rings. The van der Waals surface area contributed by atoms with Gasteiger partial charge in [0.2, 0.25) is 0 Å². The molecule has 0 spiro atoms. The molecule has 2 saturated heterocycles. The minimum Gasteiger partial charge on any atom is -0.372 e. The Morgan fingerprint density at radius 3 is 2.46 bits per heavy atom. The fourth-order valence-electron chi connectivity index (χ4n) is 3.42. The van der Waals surface area contributed by atoms with Crippen molar-refractivity contribution in [2.45, 2.75) is 32.3 Å². The molecule has 2 aliphatic heterocycles. The molecule has 2 unspecified atom stereocenters. The van der Waals surface area contributed by atoms with E-state index in [2.05, 4.69) is 10.1 Å². The van der Waals surface area contributed by atoms with E-state index in [9.17, 15) is 0 Å². The lowest BCUT2D eigenvalue weighted by molar-refractivity contribution is -0.0443. The van der Waals surface area contributed by atoms with Crippen molar-refractivity contribution in [1.82, 2.24) is 5.16 Å². The van der Waals surface area contributed by atoms with Crippen LogP contribution in [0.1, 0.15) is 25.7 Å². The van der Waals surface area contributed by atoms with Gasteiger partial charge >= 0.3 is 0 Å². The van der Waals surface area contributed by atoms with Crippen LogP contribution in [0.25, 0.3) is 11.0 Å². The van der Waals surface area contributed by atoms with Crippen LogP contribution in [0.15, 0.2) is 10.6 Å². The third-order valence-electron chi connectivity index (χ3n) is 4.28. The molecule has 6 nitrogen and oxygen atoms in total. The lowest BCUT2D eigenvalue weighted by atomic mass is 10.1. The van der Waals surface area contributed by atoms with Gasteiger partial charge in [0, 0.05) is 18.7 Å². The molecule has 0 saturated carbocycles. The Kier molecular flexibility index (Phi) is 4.34. The Labute approximate surface area is 149 Å². The van der Waals surface area contributed by atoms with Crippen molar-refractivity contribution >= 4 is 39.9 Å². The first-order valence-corrected chi connectivity index (χ1v) is 8.71. The number of rotatable bonds is 2. The molecule has 8 heteroatoms. The molecule has 130 valence electrons. The van der Waals surface area contributed by atoms with Crippen LogP contribution in [-0.4, -0.2) is 43.7 Å². The van der Waals surface area contributed by atoms with Gasteiger partial charge in [-0.2, -0.15) is 0 Å². The molecule has 4 rings (SSSR count). The molecule has 1 aromatic heterocycles. The largest absolute Gasteiger partial charge is 0.372 e. The number of anilines is 1. The molecule has 0 bridgehead atoms. The summed E-state index contributed by atoms with van der Waals surface area (Å²) in [5.41, 5.74) is 2.16. The molecule has 0 amide bonds. The van der Waals surface area contributed by atoms with Crippen molar-refractivity contribution in [3.8, 4) is 0 Å². The van der Waals surface area contributed by atoms with Gasteiger partial charge in [0.15, 0.2) is 17.0 Å². The number of aromatic nitrogens is 1.